The summed E-state index contributed by atoms with van der Waals surface area (Å²) in [5.74, 6) is 1.04. The summed E-state index contributed by atoms with van der Waals surface area (Å²) in [6.45, 7) is 2.47. The number of aryl methyl sites for hydroxylation is 1. The van der Waals surface area contributed by atoms with Crippen molar-refractivity contribution in [2.75, 3.05) is 14.2 Å². The van der Waals surface area contributed by atoms with Crippen LogP contribution in [0.3, 0.4) is 0 Å². The fourth-order valence-electron chi connectivity index (χ4n) is 3.81. The number of nitrogens with one attached hydrogen (secondary N) is 1. The minimum Gasteiger partial charge on any atom is -0.497 e. The summed E-state index contributed by atoms with van der Waals surface area (Å²) in [7, 11) is 3.24. The summed E-state index contributed by atoms with van der Waals surface area (Å²) in [5.41, 5.74) is 4.79. The number of amides is 1. The molecule has 0 aliphatic heterocycles. The van der Waals surface area contributed by atoms with Crippen LogP contribution in [-0.2, 0) is 11.3 Å². The number of hydrogen-bond donors (Lipinski definition) is 1. The van der Waals surface area contributed by atoms with E-state index < -0.39 is 0 Å². The minimum absolute atomic E-state index is 0.0591. The molecule has 0 saturated carbocycles. The zero-order chi connectivity index (χ0) is 22.5. The molecule has 7 heteroatoms. The maximum Gasteiger partial charge on any atom is 0.221 e. The quantitative estimate of drug-likeness (QED) is 0.459. The first-order valence-corrected chi connectivity index (χ1v) is 10.4. The maximum atomic E-state index is 13.0. The maximum absolute atomic E-state index is 13.0. The Kier molecular flexibility index (Phi) is 6.35. The number of ether oxygens (including phenoxy) is 2. The van der Waals surface area contributed by atoms with Crippen LogP contribution in [0, 0.1) is 6.92 Å². The third kappa shape index (κ3) is 4.56. The Balaban J connectivity index is 1.70. The second-order valence-corrected chi connectivity index (χ2v) is 7.60. The highest BCUT2D eigenvalue weighted by atomic mass is 16.5. The second kappa shape index (κ2) is 9.51. The monoisotopic (exact) mass is 430 g/mol. The molecule has 0 spiro atoms. The van der Waals surface area contributed by atoms with E-state index in [-0.39, 0.29) is 18.2 Å². The van der Waals surface area contributed by atoms with Gasteiger partial charge in [-0.05, 0) is 53.9 Å². The smallest absolute Gasteiger partial charge is 0.221 e. The average Bonchev–Trinajstić information content (AvgIpc) is 3.26. The number of carbonyl (C=O) groups is 1. The summed E-state index contributed by atoms with van der Waals surface area (Å²) in [5, 5.41) is 3.02. The van der Waals surface area contributed by atoms with Gasteiger partial charge < -0.3 is 19.2 Å². The number of nitrogens with zero attached hydrogens (tertiary/aromatic N) is 3. The van der Waals surface area contributed by atoms with E-state index in [0.29, 0.717) is 18.0 Å². The number of rotatable bonds is 8. The Hall–Kier alpha value is -3.87. The summed E-state index contributed by atoms with van der Waals surface area (Å²) < 4.78 is 13.0. The Morgan fingerprint density at radius 1 is 1.09 bits per heavy atom. The fraction of sp³-hybridized carbons (Fsp3) is 0.240. The lowest BCUT2D eigenvalue weighted by Crippen LogP contribution is -2.25. The van der Waals surface area contributed by atoms with Crippen molar-refractivity contribution in [1.82, 2.24) is 19.7 Å². The molecule has 0 bridgehead atoms. The van der Waals surface area contributed by atoms with Crippen molar-refractivity contribution in [3.8, 4) is 11.5 Å². The van der Waals surface area contributed by atoms with Gasteiger partial charge in [0.1, 0.15) is 17.1 Å². The van der Waals surface area contributed by atoms with Crippen LogP contribution in [0.5, 0.6) is 11.5 Å². The second-order valence-electron chi connectivity index (χ2n) is 7.60. The third-order valence-corrected chi connectivity index (χ3v) is 5.52. The van der Waals surface area contributed by atoms with E-state index >= 15 is 0 Å². The first-order valence-electron chi connectivity index (χ1n) is 10.4. The van der Waals surface area contributed by atoms with Crippen molar-refractivity contribution in [2.24, 2.45) is 0 Å². The van der Waals surface area contributed by atoms with Gasteiger partial charge in [0.05, 0.1) is 19.9 Å². The molecule has 7 nitrogen and oxygen atoms in total. The van der Waals surface area contributed by atoms with Crippen LogP contribution < -0.4 is 14.8 Å². The van der Waals surface area contributed by atoms with Crippen LogP contribution >= 0.6 is 0 Å². The summed E-state index contributed by atoms with van der Waals surface area (Å²) in [6, 6.07) is 13.5. The standard InChI is InChI=1S/C25H26N4O3/c1-17-5-4-10-29-23(16-28-25(17)29)22(19-11-20(31-2)13-21(12-19)32-3)14-24(30)27-15-18-6-8-26-9-7-18/h4-13,16,22H,14-15H2,1-3H3,(H,27,30). The van der Waals surface area contributed by atoms with E-state index in [0.717, 1.165) is 28.0 Å². The lowest BCUT2D eigenvalue weighted by Gasteiger charge is -2.19. The van der Waals surface area contributed by atoms with Gasteiger partial charge >= 0.3 is 0 Å². The van der Waals surface area contributed by atoms with Crippen molar-refractivity contribution < 1.29 is 14.3 Å². The number of fused-ring (bicyclic) bond motifs is 1. The molecule has 0 aliphatic rings. The van der Waals surface area contributed by atoms with Crippen molar-refractivity contribution in [3.63, 3.8) is 0 Å². The van der Waals surface area contributed by atoms with Gasteiger partial charge in [-0.25, -0.2) is 4.98 Å². The predicted octanol–water partition coefficient (Wildman–Crippen LogP) is 3.89. The molecule has 1 unspecified atom stereocenters. The highest BCUT2D eigenvalue weighted by Crippen LogP contribution is 2.34. The summed E-state index contributed by atoms with van der Waals surface area (Å²) in [4.78, 5) is 21.6. The molecule has 4 rings (SSSR count). The first-order chi connectivity index (χ1) is 15.6. The molecule has 32 heavy (non-hydrogen) atoms. The van der Waals surface area contributed by atoms with Gasteiger partial charge in [0.15, 0.2) is 0 Å². The van der Waals surface area contributed by atoms with Crippen LogP contribution in [-0.4, -0.2) is 34.5 Å². The van der Waals surface area contributed by atoms with Gasteiger partial charge in [-0.3, -0.25) is 9.78 Å². The zero-order valence-corrected chi connectivity index (χ0v) is 18.4. The lowest BCUT2D eigenvalue weighted by atomic mass is 9.91. The zero-order valence-electron chi connectivity index (χ0n) is 18.4. The van der Waals surface area contributed by atoms with Gasteiger partial charge in [-0.1, -0.05) is 6.07 Å². The number of imidazole rings is 1. The van der Waals surface area contributed by atoms with Crippen molar-refractivity contribution in [2.45, 2.75) is 25.8 Å². The molecule has 164 valence electrons. The van der Waals surface area contributed by atoms with E-state index in [9.17, 15) is 4.79 Å². The average molecular weight is 431 g/mol. The van der Waals surface area contributed by atoms with E-state index in [1.54, 1.807) is 26.6 Å². The Morgan fingerprint density at radius 2 is 1.81 bits per heavy atom. The molecule has 1 amide bonds. The highest BCUT2D eigenvalue weighted by Gasteiger charge is 2.23. The number of pyridine rings is 2. The molecule has 0 radical (unpaired) electrons. The normalized spacial score (nSPS) is 11.8. The SMILES string of the molecule is COc1cc(OC)cc(C(CC(=O)NCc2ccncc2)c2cnc3c(C)cccn23)c1. The molecule has 3 heterocycles. The van der Waals surface area contributed by atoms with Crippen molar-refractivity contribution in [1.29, 1.82) is 0 Å². The predicted molar refractivity (Wildman–Crippen MR) is 122 cm³/mol. The number of aromatic nitrogens is 3. The number of carbonyl (C=O) groups excluding carboxylic acids is 1. The molecule has 4 aromatic rings. The van der Waals surface area contributed by atoms with E-state index in [4.69, 9.17) is 9.47 Å². The molecule has 1 aromatic carbocycles. The first kappa shape index (κ1) is 21.4. The third-order valence-electron chi connectivity index (χ3n) is 5.52. The summed E-state index contributed by atoms with van der Waals surface area (Å²) in [6.07, 6.45) is 7.50. The van der Waals surface area contributed by atoms with Crippen LogP contribution in [0.25, 0.3) is 5.65 Å². The van der Waals surface area contributed by atoms with Crippen molar-refractivity contribution >= 4 is 11.6 Å². The van der Waals surface area contributed by atoms with Gasteiger partial charge in [0, 0.05) is 49.7 Å². The number of benzene rings is 1. The molecule has 0 fully saturated rings. The largest absolute Gasteiger partial charge is 0.497 e. The molecule has 0 aliphatic carbocycles. The van der Waals surface area contributed by atoms with E-state index in [1.165, 1.54) is 0 Å². The van der Waals surface area contributed by atoms with Gasteiger partial charge in [-0.15, -0.1) is 0 Å². The fourth-order valence-corrected chi connectivity index (χ4v) is 3.81. The Morgan fingerprint density at radius 3 is 2.50 bits per heavy atom. The number of hydrogen-bond acceptors (Lipinski definition) is 5. The van der Waals surface area contributed by atoms with E-state index in [1.807, 2.05) is 66.2 Å². The van der Waals surface area contributed by atoms with Crippen molar-refractivity contribution in [3.05, 3.63) is 89.6 Å². The molecule has 3 aromatic heterocycles. The van der Waals surface area contributed by atoms with Crippen LogP contribution in [0.2, 0.25) is 0 Å². The topological polar surface area (TPSA) is 77.8 Å². The molecule has 1 atom stereocenters. The Labute approximate surface area is 187 Å². The van der Waals surface area contributed by atoms with E-state index in [2.05, 4.69) is 15.3 Å². The number of methoxy groups -OCH3 is 2. The van der Waals surface area contributed by atoms with Gasteiger partial charge in [0.2, 0.25) is 5.91 Å². The Bertz CT molecular complexity index is 1200. The van der Waals surface area contributed by atoms with Gasteiger partial charge in [0.25, 0.3) is 0 Å². The molecular weight excluding hydrogens is 404 g/mol. The van der Waals surface area contributed by atoms with Gasteiger partial charge in [-0.2, -0.15) is 0 Å². The molecular formula is C25H26N4O3. The summed E-state index contributed by atoms with van der Waals surface area (Å²) >= 11 is 0. The molecule has 0 saturated heterocycles. The molecule has 1 N–H and O–H groups in total. The van der Waals surface area contributed by atoms with Crippen LogP contribution in [0.15, 0.2) is 67.3 Å². The minimum atomic E-state index is -0.242. The van der Waals surface area contributed by atoms with Crippen LogP contribution in [0.4, 0.5) is 0 Å². The highest BCUT2D eigenvalue weighted by molar-refractivity contribution is 5.77. The van der Waals surface area contributed by atoms with Crippen LogP contribution in [0.1, 0.15) is 34.7 Å². The lowest BCUT2D eigenvalue weighted by molar-refractivity contribution is -0.121.